The molecule has 0 aliphatic carbocycles. The smallest absolute Gasteiger partial charge is 0.339 e. The van der Waals surface area contributed by atoms with Crippen molar-refractivity contribution in [2.45, 2.75) is 13.5 Å². The van der Waals surface area contributed by atoms with Crippen molar-refractivity contribution in [3.63, 3.8) is 0 Å². The summed E-state index contributed by atoms with van der Waals surface area (Å²) in [5.74, 6) is -1.07. The van der Waals surface area contributed by atoms with Crippen molar-refractivity contribution >= 4 is 28.8 Å². The lowest BCUT2D eigenvalue weighted by molar-refractivity contribution is -0.385. The molecule has 2 aromatic heterocycles. The molecule has 0 saturated heterocycles. The number of pyridine rings is 1. The van der Waals surface area contributed by atoms with E-state index in [1.165, 1.54) is 11.3 Å². The number of hydrogen-bond donors (Lipinski definition) is 1. The third-order valence-corrected chi connectivity index (χ3v) is 3.80. The molecule has 110 valence electrons. The Morgan fingerprint density at radius 2 is 2.24 bits per heavy atom. The lowest BCUT2D eigenvalue weighted by Crippen LogP contribution is -2.21. The number of nitrogens with zero attached hydrogens (tertiary/aromatic N) is 4. The third kappa shape index (κ3) is 3.14. The number of carboxylic acid groups (broad SMARTS) is 1. The van der Waals surface area contributed by atoms with Crippen molar-refractivity contribution in [3.05, 3.63) is 44.0 Å². The molecular formula is C12H12N4O4S. The van der Waals surface area contributed by atoms with Gasteiger partial charge in [-0.2, -0.15) is 0 Å². The average Bonchev–Trinajstić information content (AvgIpc) is 2.83. The van der Waals surface area contributed by atoms with Crippen LogP contribution in [0.5, 0.6) is 0 Å². The number of thiazole rings is 1. The van der Waals surface area contributed by atoms with Gasteiger partial charge < -0.3 is 10.0 Å². The fourth-order valence-corrected chi connectivity index (χ4v) is 2.61. The molecule has 2 rings (SSSR count). The summed E-state index contributed by atoms with van der Waals surface area (Å²) in [6, 6.07) is 1.01. The third-order valence-electron chi connectivity index (χ3n) is 2.88. The number of nitro groups is 1. The number of aromatic carboxylic acids is 1. The van der Waals surface area contributed by atoms with Gasteiger partial charge in [0.25, 0.3) is 5.69 Å². The first-order chi connectivity index (χ1) is 9.90. The Morgan fingerprint density at radius 3 is 2.76 bits per heavy atom. The van der Waals surface area contributed by atoms with E-state index in [9.17, 15) is 20.0 Å². The molecule has 0 atom stereocenters. The zero-order valence-corrected chi connectivity index (χ0v) is 12.1. The summed E-state index contributed by atoms with van der Waals surface area (Å²) in [6.45, 7) is 2.29. The Hall–Kier alpha value is -2.55. The van der Waals surface area contributed by atoms with E-state index in [1.54, 1.807) is 17.5 Å². The lowest BCUT2D eigenvalue weighted by Gasteiger charge is -2.19. The molecular weight excluding hydrogens is 296 g/mol. The number of rotatable bonds is 5. The van der Waals surface area contributed by atoms with Gasteiger partial charge in [0.15, 0.2) is 0 Å². The first kappa shape index (κ1) is 14.9. The molecule has 0 radical (unpaired) electrons. The minimum atomic E-state index is -1.26. The summed E-state index contributed by atoms with van der Waals surface area (Å²) in [7, 11) is 1.68. The molecule has 8 nitrogen and oxygen atoms in total. The Bertz CT molecular complexity index is 700. The number of aromatic nitrogens is 2. The quantitative estimate of drug-likeness (QED) is 0.665. The van der Waals surface area contributed by atoms with Crippen LogP contribution >= 0.6 is 11.3 Å². The second-order valence-corrected chi connectivity index (χ2v) is 5.28. The first-order valence-corrected chi connectivity index (χ1v) is 6.76. The normalized spacial score (nSPS) is 10.4. The SMILES string of the molecule is Cc1ncsc1CN(C)c1ncc([N+](=O)[O-])cc1C(=O)O. The fourth-order valence-electron chi connectivity index (χ4n) is 1.78. The van der Waals surface area contributed by atoms with E-state index in [-0.39, 0.29) is 17.1 Å². The summed E-state index contributed by atoms with van der Waals surface area (Å²) < 4.78 is 0. The Kier molecular flexibility index (Phi) is 4.13. The summed E-state index contributed by atoms with van der Waals surface area (Å²) in [5, 5.41) is 19.9. The number of carbonyl (C=O) groups is 1. The molecule has 0 aromatic carbocycles. The molecule has 2 aromatic rings. The molecule has 0 aliphatic heterocycles. The van der Waals surface area contributed by atoms with Gasteiger partial charge in [-0.15, -0.1) is 11.3 Å². The summed E-state index contributed by atoms with van der Waals surface area (Å²) >= 11 is 1.46. The van der Waals surface area contributed by atoms with Crippen molar-refractivity contribution in [2.24, 2.45) is 0 Å². The van der Waals surface area contributed by atoms with E-state index in [2.05, 4.69) is 9.97 Å². The van der Waals surface area contributed by atoms with E-state index in [0.29, 0.717) is 6.54 Å². The minimum Gasteiger partial charge on any atom is -0.478 e. The maximum absolute atomic E-state index is 11.3. The van der Waals surface area contributed by atoms with E-state index >= 15 is 0 Å². The minimum absolute atomic E-state index is 0.181. The Labute approximate surface area is 123 Å². The highest BCUT2D eigenvalue weighted by Gasteiger charge is 2.20. The molecule has 9 heteroatoms. The molecule has 21 heavy (non-hydrogen) atoms. The predicted octanol–water partition coefficient (Wildman–Crippen LogP) is 2.09. The molecule has 0 spiro atoms. The van der Waals surface area contributed by atoms with Crippen LogP contribution in [0.4, 0.5) is 11.5 Å². The number of anilines is 1. The van der Waals surface area contributed by atoms with Gasteiger partial charge in [-0.05, 0) is 6.92 Å². The van der Waals surface area contributed by atoms with Gasteiger partial charge in [-0.3, -0.25) is 10.1 Å². The van der Waals surface area contributed by atoms with Crippen LogP contribution in [0, 0.1) is 17.0 Å². The van der Waals surface area contributed by atoms with Crippen LogP contribution in [0.3, 0.4) is 0 Å². The van der Waals surface area contributed by atoms with E-state index < -0.39 is 10.9 Å². The predicted molar refractivity (Wildman–Crippen MR) is 76.8 cm³/mol. The largest absolute Gasteiger partial charge is 0.478 e. The van der Waals surface area contributed by atoms with Gasteiger partial charge in [0, 0.05) is 18.0 Å². The van der Waals surface area contributed by atoms with Crippen molar-refractivity contribution in [2.75, 3.05) is 11.9 Å². The van der Waals surface area contributed by atoms with Crippen LogP contribution in [0.2, 0.25) is 0 Å². The zero-order valence-electron chi connectivity index (χ0n) is 11.3. The van der Waals surface area contributed by atoms with Crippen molar-refractivity contribution in [1.82, 2.24) is 9.97 Å². The van der Waals surface area contributed by atoms with Gasteiger partial charge >= 0.3 is 5.97 Å². The highest BCUT2D eigenvalue weighted by atomic mass is 32.1. The monoisotopic (exact) mass is 308 g/mol. The summed E-state index contributed by atoms with van der Waals surface area (Å²) in [5.41, 5.74) is 2.03. The average molecular weight is 308 g/mol. The zero-order chi connectivity index (χ0) is 15.6. The molecule has 0 amide bonds. The summed E-state index contributed by atoms with van der Waals surface area (Å²) in [4.78, 5) is 32.0. The number of carboxylic acids is 1. The van der Waals surface area contributed by atoms with Gasteiger partial charge in [-0.25, -0.2) is 14.8 Å². The van der Waals surface area contributed by atoms with Gasteiger partial charge in [0.05, 0.1) is 22.7 Å². The van der Waals surface area contributed by atoms with Gasteiger partial charge in [0.1, 0.15) is 17.6 Å². The van der Waals surface area contributed by atoms with Crippen LogP contribution in [0.15, 0.2) is 17.8 Å². The standard InChI is InChI=1S/C12H12N4O4S/c1-7-10(21-6-14-7)5-15(2)11-9(12(17)18)3-8(4-13-11)16(19)20/h3-4,6H,5H2,1-2H3,(H,17,18). The lowest BCUT2D eigenvalue weighted by atomic mass is 10.2. The van der Waals surface area contributed by atoms with Crippen molar-refractivity contribution < 1.29 is 14.8 Å². The van der Waals surface area contributed by atoms with Crippen LogP contribution in [0.1, 0.15) is 20.9 Å². The Morgan fingerprint density at radius 1 is 1.52 bits per heavy atom. The fraction of sp³-hybridized carbons (Fsp3) is 0.250. The molecule has 1 N–H and O–H groups in total. The molecule has 0 aliphatic rings. The van der Waals surface area contributed by atoms with Crippen molar-refractivity contribution in [1.29, 1.82) is 0 Å². The van der Waals surface area contributed by atoms with E-state index in [4.69, 9.17) is 0 Å². The topological polar surface area (TPSA) is 109 Å². The van der Waals surface area contributed by atoms with Crippen LogP contribution in [0.25, 0.3) is 0 Å². The van der Waals surface area contributed by atoms with Crippen molar-refractivity contribution in [3.8, 4) is 0 Å². The first-order valence-electron chi connectivity index (χ1n) is 5.88. The van der Waals surface area contributed by atoms with E-state index in [1.807, 2.05) is 6.92 Å². The highest BCUT2D eigenvalue weighted by molar-refractivity contribution is 7.09. The number of aryl methyl sites for hydroxylation is 1. The second-order valence-electron chi connectivity index (χ2n) is 4.34. The highest BCUT2D eigenvalue weighted by Crippen LogP contribution is 2.24. The Balaban J connectivity index is 2.36. The number of hydrogen-bond acceptors (Lipinski definition) is 7. The van der Waals surface area contributed by atoms with Gasteiger partial charge in [-0.1, -0.05) is 0 Å². The second kappa shape index (κ2) is 5.83. The van der Waals surface area contributed by atoms with E-state index in [0.717, 1.165) is 22.8 Å². The molecule has 0 saturated carbocycles. The van der Waals surface area contributed by atoms with Crippen LogP contribution in [-0.4, -0.2) is 33.0 Å². The molecule has 0 unspecified atom stereocenters. The molecule has 2 heterocycles. The van der Waals surface area contributed by atoms with Crippen LogP contribution < -0.4 is 4.90 Å². The van der Waals surface area contributed by atoms with Crippen LogP contribution in [-0.2, 0) is 6.54 Å². The molecule has 0 fully saturated rings. The van der Waals surface area contributed by atoms with Gasteiger partial charge in [0.2, 0.25) is 0 Å². The molecule has 0 bridgehead atoms. The maximum atomic E-state index is 11.3. The summed E-state index contributed by atoms with van der Waals surface area (Å²) in [6.07, 6.45) is 1.05. The maximum Gasteiger partial charge on any atom is 0.339 e.